The molecule has 132 valence electrons. The molecule has 0 aliphatic heterocycles. The summed E-state index contributed by atoms with van der Waals surface area (Å²) >= 11 is 5.68. The monoisotopic (exact) mass is 383 g/mol. The lowest BCUT2D eigenvalue weighted by atomic mass is 10.2. The maximum absolute atomic E-state index is 11.9. The van der Waals surface area contributed by atoms with Gasteiger partial charge in [-0.15, -0.1) is 0 Å². The van der Waals surface area contributed by atoms with E-state index in [1.807, 2.05) is 0 Å². The summed E-state index contributed by atoms with van der Waals surface area (Å²) in [5.41, 5.74) is 2.45. The zero-order valence-electron chi connectivity index (χ0n) is 12.7. The number of carbonyl (C=O) groups is 1. The van der Waals surface area contributed by atoms with Crippen LogP contribution in [0.2, 0.25) is 5.02 Å². The van der Waals surface area contributed by atoms with E-state index in [2.05, 4.69) is 15.2 Å². The van der Waals surface area contributed by atoms with Crippen LogP contribution in [0.15, 0.2) is 52.5 Å². The number of hydrazone groups is 1. The number of phenolic OH excluding ortho intramolecular Hbond substituents is 2. The molecule has 0 saturated carbocycles. The number of hydrogen-bond donors (Lipinski definition) is 4. The summed E-state index contributed by atoms with van der Waals surface area (Å²) in [6.45, 7) is -0.504. The van der Waals surface area contributed by atoms with E-state index in [0.717, 1.165) is 0 Å². The maximum atomic E-state index is 11.9. The molecule has 0 aromatic heterocycles. The first-order valence-corrected chi connectivity index (χ1v) is 8.74. The van der Waals surface area contributed by atoms with Gasteiger partial charge in [0.15, 0.2) is 11.5 Å². The number of phenols is 2. The maximum Gasteiger partial charge on any atom is 0.255 e. The van der Waals surface area contributed by atoms with Crippen molar-refractivity contribution in [3.63, 3.8) is 0 Å². The fraction of sp³-hybridized carbons (Fsp3) is 0.0667. The van der Waals surface area contributed by atoms with E-state index in [4.69, 9.17) is 11.6 Å². The minimum Gasteiger partial charge on any atom is -0.504 e. The molecule has 1 amide bonds. The molecule has 0 heterocycles. The molecular weight excluding hydrogens is 370 g/mol. The summed E-state index contributed by atoms with van der Waals surface area (Å²) in [4.78, 5) is 11.7. The lowest BCUT2D eigenvalue weighted by Gasteiger charge is -2.05. The van der Waals surface area contributed by atoms with Gasteiger partial charge < -0.3 is 10.2 Å². The van der Waals surface area contributed by atoms with E-state index in [0.29, 0.717) is 5.56 Å². The van der Waals surface area contributed by atoms with Gasteiger partial charge in [-0.2, -0.15) is 5.10 Å². The van der Waals surface area contributed by atoms with Gasteiger partial charge in [-0.1, -0.05) is 29.8 Å². The molecule has 0 fully saturated rings. The topological polar surface area (TPSA) is 128 Å². The Morgan fingerprint density at radius 3 is 2.52 bits per heavy atom. The van der Waals surface area contributed by atoms with Crippen LogP contribution in [-0.2, 0) is 14.8 Å². The van der Waals surface area contributed by atoms with Crippen molar-refractivity contribution in [2.45, 2.75) is 4.90 Å². The Balaban J connectivity index is 1.91. The third-order valence-corrected chi connectivity index (χ3v) is 4.65. The summed E-state index contributed by atoms with van der Waals surface area (Å²) in [6.07, 6.45) is 1.18. The van der Waals surface area contributed by atoms with Crippen molar-refractivity contribution >= 4 is 33.7 Å². The average molecular weight is 384 g/mol. The Labute approximate surface area is 148 Å². The van der Waals surface area contributed by atoms with Crippen molar-refractivity contribution in [2.75, 3.05) is 6.54 Å². The van der Waals surface area contributed by atoms with Crippen LogP contribution < -0.4 is 10.1 Å². The SMILES string of the molecule is O=C(CNS(=O)(=O)c1ccccc1)N/N=C/c1cc(O)c(O)c(Cl)c1. The first kappa shape index (κ1) is 18.7. The highest BCUT2D eigenvalue weighted by Gasteiger charge is 2.14. The van der Waals surface area contributed by atoms with Crippen LogP contribution in [0.5, 0.6) is 11.5 Å². The summed E-state index contributed by atoms with van der Waals surface area (Å²) in [5, 5.41) is 22.3. The first-order chi connectivity index (χ1) is 11.8. The number of hydrogen-bond acceptors (Lipinski definition) is 6. The van der Waals surface area contributed by atoms with Gasteiger partial charge in [0.25, 0.3) is 5.91 Å². The second-order valence-corrected chi connectivity index (χ2v) is 6.98. The highest BCUT2D eigenvalue weighted by molar-refractivity contribution is 7.89. The molecule has 4 N–H and O–H groups in total. The van der Waals surface area contributed by atoms with Gasteiger partial charge in [-0.25, -0.2) is 18.6 Å². The van der Waals surface area contributed by atoms with E-state index < -0.39 is 34.0 Å². The summed E-state index contributed by atoms with van der Waals surface area (Å²) in [6, 6.07) is 10.1. The molecule has 2 rings (SSSR count). The van der Waals surface area contributed by atoms with Crippen LogP contribution in [0.3, 0.4) is 0 Å². The molecule has 0 unspecified atom stereocenters. The number of aromatic hydroxyl groups is 2. The third-order valence-electron chi connectivity index (χ3n) is 2.94. The van der Waals surface area contributed by atoms with Crippen LogP contribution in [0.4, 0.5) is 0 Å². The van der Waals surface area contributed by atoms with Crippen molar-refractivity contribution in [1.82, 2.24) is 10.1 Å². The fourth-order valence-electron chi connectivity index (χ4n) is 1.74. The largest absolute Gasteiger partial charge is 0.504 e. The predicted molar refractivity (Wildman–Crippen MR) is 92.1 cm³/mol. The fourth-order valence-corrected chi connectivity index (χ4v) is 2.97. The number of amides is 1. The average Bonchev–Trinajstić information content (AvgIpc) is 2.59. The van der Waals surface area contributed by atoms with Crippen molar-refractivity contribution in [3.05, 3.63) is 53.1 Å². The second-order valence-electron chi connectivity index (χ2n) is 4.80. The molecule has 10 heteroatoms. The molecule has 2 aromatic carbocycles. The zero-order valence-corrected chi connectivity index (χ0v) is 14.3. The van der Waals surface area contributed by atoms with Crippen molar-refractivity contribution in [2.24, 2.45) is 5.10 Å². The van der Waals surface area contributed by atoms with E-state index >= 15 is 0 Å². The number of nitrogens with zero attached hydrogens (tertiary/aromatic N) is 1. The highest BCUT2D eigenvalue weighted by Crippen LogP contribution is 2.33. The standard InChI is InChI=1S/C15H14ClN3O5S/c16-12-6-10(7-13(20)15(12)22)8-17-19-14(21)9-18-25(23,24)11-4-2-1-3-5-11/h1-8,18,20,22H,9H2,(H,19,21)/b17-8+. The number of carbonyl (C=O) groups excluding carboxylic acids is 1. The number of halogens is 1. The third kappa shape index (κ3) is 5.18. The van der Waals surface area contributed by atoms with Crippen molar-refractivity contribution in [3.8, 4) is 11.5 Å². The Bertz CT molecular complexity index is 878. The summed E-state index contributed by atoms with van der Waals surface area (Å²) < 4.78 is 26.0. The molecular formula is C15H14ClN3O5S. The highest BCUT2D eigenvalue weighted by atomic mass is 35.5. The lowest BCUT2D eigenvalue weighted by Crippen LogP contribution is -2.34. The molecule has 25 heavy (non-hydrogen) atoms. The number of benzene rings is 2. The van der Waals surface area contributed by atoms with Gasteiger partial charge >= 0.3 is 0 Å². The van der Waals surface area contributed by atoms with Crippen molar-refractivity contribution in [1.29, 1.82) is 0 Å². The molecule has 0 atom stereocenters. The molecule has 0 aliphatic rings. The zero-order chi connectivity index (χ0) is 18.4. The van der Waals surface area contributed by atoms with Crippen LogP contribution in [0, 0.1) is 0 Å². The smallest absolute Gasteiger partial charge is 0.255 e. The van der Waals surface area contributed by atoms with Gasteiger partial charge in [0.1, 0.15) is 0 Å². The van der Waals surface area contributed by atoms with Crippen LogP contribution in [0.1, 0.15) is 5.56 Å². The first-order valence-electron chi connectivity index (χ1n) is 6.87. The number of nitrogens with one attached hydrogen (secondary N) is 2. The minimum atomic E-state index is -3.79. The second kappa shape index (κ2) is 7.97. The summed E-state index contributed by atoms with van der Waals surface area (Å²) in [7, 11) is -3.79. The summed E-state index contributed by atoms with van der Waals surface area (Å²) in [5.74, 6) is -1.58. The minimum absolute atomic E-state index is 0.0421. The Hall–Kier alpha value is -2.62. The molecule has 0 aliphatic carbocycles. The quantitative estimate of drug-likeness (QED) is 0.338. The van der Waals surface area contributed by atoms with E-state index in [9.17, 15) is 23.4 Å². The molecule has 0 spiro atoms. The number of sulfonamides is 1. The number of rotatable bonds is 6. The van der Waals surface area contributed by atoms with Crippen molar-refractivity contribution < 1.29 is 23.4 Å². The Morgan fingerprint density at radius 2 is 1.88 bits per heavy atom. The van der Waals surface area contributed by atoms with Gasteiger partial charge in [0.2, 0.25) is 10.0 Å². The van der Waals surface area contributed by atoms with E-state index in [1.165, 1.54) is 30.5 Å². The van der Waals surface area contributed by atoms with Gasteiger partial charge in [-0.3, -0.25) is 4.79 Å². The normalized spacial score (nSPS) is 11.6. The van der Waals surface area contributed by atoms with E-state index in [-0.39, 0.29) is 9.92 Å². The van der Waals surface area contributed by atoms with Crippen LogP contribution >= 0.6 is 11.6 Å². The predicted octanol–water partition coefficient (Wildman–Crippen LogP) is 1.18. The molecule has 0 radical (unpaired) electrons. The van der Waals surface area contributed by atoms with Crippen LogP contribution in [0.25, 0.3) is 0 Å². The van der Waals surface area contributed by atoms with E-state index in [1.54, 1.807) is 18.2 Å². The molecule has 2 aromatic rings. The Kier molecular flexibility index (Phi) is 5.97. The van der Waals surface area contributed by atoms with Gasteiger partial charge in [0.05, 0.1) is 22.7 Å². The lowest BCUT2D eigenvalue weighted by molar-refractivity contribution is -0.119. The van der Waals surface area contributed by atoms with Gasteiger partial charge in [0, 0.05) is 0 Å². The molecule has 0 saturated heterocycles. The van der Waals surface area contributed by atoms with Gasteiger partial charge in [-0.05, 0) is 29.8 Å². The Morgan fingerprint density at radius 1 is 1.20 bits per heavy atom. The molecule has 0 bridgehead atoms. The molecule has 8 nitrogen and oxygen atoms in total. The van der Waals surface area contributed by atoms with Crippen LogP contribution in [-0.4, -0.2) is 37.3 Å².